The molecule has 4 atom stereocenters. The number of rotatable bonds is 1. The molecule has 3 aliphatic carbocycles. The average molecular weight is 376 g/mol. The molecule has 23 heavy (non-hydrogen) atoms. The van der Waals surface area contributed by atoms with Crippen LogP contribution in [0.4, 0.5) is 0 Å². The monoisotopic (exact) mass is 375 g/mol. The van der Waals surface area contributed by atoms with Crippen LogP contribution in [0, 0.1) is 28.1 Å². The van der Waals surface area contributed by atoms with Crippen LogP contribution in [0.25, 0.3) is 0 Å². The number of halogens is 2. The molecular weight excluding hydrogens is 349 g/mol. The fourth-order valence-corrected chi connectivity index (χ4v) is 6.98. The van der Waals surface area contributed by atoms with E-state index in [0.717, 1.165) is 25.0 Å². The van der Waals surface area contributed by atoms with E-state index in [9.17, 15) is 0 Å². The van der Waals surface area contributed by atoms with Crippen LogP contribution >= 0.6 is 35.4 Å². The molecule has 0 radical (unpaired) electrons. The summed E-state index contributed by atoms with van der Waals surface area (Å²) in [6.07, 6.45) is 5.42. The lowest BCUT2D eigenvalue weighted by molar-refractivity contribution is 0.0749. The quantitative estimate of drug-likeness (QED) is 0.399. The molecule has 3 N–H and O–H groups in total. The highest BCUT2D eigenvalue weighted by Gasteiger charge is 2.87. The number of nitrogens with one attached hydrogen (secondary N) is 1. The summed E-state index contributed by atoms with van der Waals surface area (Å²) in [5.74, 6) is 0.898. The minimum atomic E-state index is -0.674. The molecule has 0 saturated heterocycles. The molecule has 3 rings (SSSR count). The zero-order valence-electron chi connectivity index (χ0n) is 14.4. The van der Waals surface area contributed by atoms with Crippen molar-refractivity contribution in [1.82, 2.24) is 5.43 Å². The van der Waals surface area contributed by atoms with Gasteiger partial charge in [-0.3, -0.25) is 5.43 Å². The van der Waals surface area contributed by atoms with E-state index >= 15 is 0 Å². The van der Waals surface area contributed by atoms with Crippen molar-refractivity contribution in [2.75, 3.05) is 0 Å². The summed E-state index contributed by atoms with van der Waals surface area (Å²) in [4.78, 5) is 0. The lowest BCUT2D eigenvalue weighted by Gasteiger charge is -2.46. The molecule has 3 aliphatic rings. The molecule has 1 spiro atoms. The van der Waals surface area contributed by atoms with E-state index in [-0.39, 0.29) is 21.4 Å². The lowest BCUT2D eigenvalue weighted by Crippen LogP contribution is -2.44. The molecule has 0 aliphatic heterocycles. The number of alkyl halides is 2. The van der Waals surface area contributed by atoms with Gasteiger partial charge in [0, 0.05) is 16.5 Å². The third-order valence-corrected chi connectivity index (χ3v) is 8.74. The maximum absolute atomic E-state index is 6.93. The smallest absolute Gasteiger partial charge is 0.184 e. The van der Waals surface area contributed by atoms with Crippen LogP contribution in [0.1, 0.15) is 59.8 Å². The molecule has 0 amide bonds. The molecule has 1 unspecified atom stereocenters. The molecule has 0 heterocycles. The zero-order chi connectivity index (χ0) is 17.3. The first-order valence-electron chi connectivity index (χ1n) is 8.49. The summed E-state index contributed by atoms with van der Waals surface area (Å²) in [7, 11) is 0. The maximum Gasteiger partial charge on any atom is 0.184 e. The summed E-state index contributed by atoms with van der Waals surface area (Å²) in [5, 5.41) is 4.69. The van der Waals surface area contributed by atoms with Crippen molar-refractivity contribution in [2.45, 2.75) is 64.1 Å². The molecule has 0 aromatic rings. The molecular formula is C17H27Cl2N3S. The van der Waals surface area contributed by atoms with Gasteiger partial charge in [-0.15, -0.1) is 23.2 Å². The first-order valence-corrected chi connectivity index (χ1v) is 9.66. The largest absolute Gasteiger partial charge is 0.375 e. The van der Waals surface area contributed by atoms with Crippen LogP contribution in [0.15, 0.2) is 5.10 Å². The highest BCUT2D eigenvalue weighted by atomic mass is 35.5. The summed E-state index contributed by atoms with van der Waals surface area (Å²) in [6, 6.07) is 0. The minimum Gasteiger partial charge on any atom is -0.375 e. The second kappa shape index (κ2) is 5.22. The van der Waals surface area contributed by atoms with E-state index in [1.165, 1.54) is 12.8 Å². The fraction of sp³-hybridized carbons (Fsp3) is 0.882. The molecule has 3 fully saturated rings. The number of hydrogen-bond acceptors (Lipinski definition) is 2. The molecule has 130 valence electrons. The van der Waals surface area contributed by atoms with Crippen LogP contribution < -0.4 is 11.2 Å². The second-order valence-electron chi connectivity index (χ2n) is 8.67. The molecule has 0 bridgehead atoms. The van der Waals surface area contributed by atoms with E-state index in [1.807, 2.05) is 0 Å². The number of nitrogens with zero attached hydrogens (tertiary/aromatic N) is 1. The minimum absolute atomic E-state index is 0.0360. The summed E-state index contributed by atoms with van der Waals surface area (Å²) in [6.45, 7) is 9.28. The normalized spacial score (nSPS) is 45.6. The summed E-state index contributed by atoms with van der Waals surface area (Å²) >= 11 is 18.8. The van der Waals surface area contributed by atoms with Gasteiger partial charge in [0.2, 0.25) is 0 Å². The number of hydrogen-bond donors (Lipinski definition) is 2. The summed E-state index contributed by atoms with van der Waals surface area (Å²) in [5.41, 5.74) is 9.52. The van der Waals surface area contributed by atoms with Crippen molar-refractivity contribution in [3.8, 4) is 0 Å². The highest BCUT2D eigenvalue weighted by Crippen LogP contribution is 2.87. The number of nitrogens with two attached hydrogens (primary N) is 1. The SMILES string of the molecule is CC1C[C@@H]2C(C)(C)CCC[C@@]3(C)C(Cl)(Cl)[C@@]23CC1=NNC(N)=S. The van der Waals surface area contributed by atoms with Crippen molar-refractivity contribution in [1.29, 1.82) is 0 Å². The predicted octanol–water partition coefficient (Wildman–Crippen LogP) is 4.61. The van der Waals surface area contributed by atoms with E-state index in [0.29, 0.717) is 11.8 Å². The summed E-state index contributed by atoms with van der Waals surface area (Å²) < 4.78 is -0.674. The van der Waals surface area contributed by atoms with E-state index in [4.69, 9.17) is 41.2 Å². The van der Waals surface area contributed by atoms with Crippen LogP contribution in [0.3, 0.4) is 0 Å². The molecule has 0 aromatic heterocycles. The standard InChI is InChI=1S/C17H27Cl2N3S/c1-10-8-12-14(2,3)6-5-7-15(4)16(12,17(15,18)19)9-11(10)21-22-13(20)23/h10,12H,5-9H2,1-4H3,(H3,20,22,23)/t10?,12-,15-,16+/m1/s1. The van der Waals surface area contributed by atoms with Crippen LogP contribution in [-0.4, -0.2) is 15.2 Å². The first kappa shape index (κ1) is 17.8. The lowest BCUT2D eigenvalue weighted by atomic mass is 9.59. The van der Waals surface area contributed by atoms with Crippen molar-refractivity contribution < 1.29 is 0 Å². The van der Waals surface area contributed by atoms with Crippen LogP contribution in [0.5, 0.6) is 0 Å². The Hall–Kier alpha value is -0.0600. The fourth-order valence-electron chi connectivity index (χ4n) is 5.69. The highest BCUT2D eigenvalue weighted by molar-refractivity contribution is 7.80. The van der Waals surface area contributed by atoms with E-state index in [2.05, 4.69) is 38.2 Å². The molecule has 0 aromatic carbocycles. The van der Waals surface area contributed by atoms with Crippen molar-refractivity contribution in [3.05, 3.63) is 0 Å². The van der Waals surface area contributed by atoms with Gasteiger partial charge >= 0.3 is 0 Å². The Labute approximate surface area is 154 Å². The van der Waals surface area contributed by atoms with Gasteiger partial charge in [0.1, 0.15) is 4.33 Å². The van der Waals surface area contributed by atoms with Gasteiger partial charge < -0.3 is 5.73 Å². The van der Waals surface area contributed by atoms with Crippen LogP contribution in [-0.2, 0) is 0 Å². The molecule has 6 heteroatoms. The predicted molar refractivity (Wildman–Crippen MR) is 102 cm³/mol. The van der Waals surface area contributed by atoms with Gasteiger partial charge in [-0.1, -0.05) is 34.1 Å². The first-order chi connectivity index (χ1) is 10.5. The Bertz CT molecular complexity index is 574. The van der Waals surface area contributed by atoms with Crippen molar-refractivity contribution in [3.63, 3.8) is 0 Å². The van der Waals surface area contributed by atoms with Gasteiger partial charge in [0.15, 0.2) is 5.11 Å². The van der Waals surface area contributed by atoms with Gasteiger partial charge in [0.25, 0.3) is 0 Å². The zero-order valence-corrected chi connectivity index (χ0v) is 16.7. The van der Waals surface area contributed by atoms with E-state index in [1.54, 1.807) is 0 Å². The second-order valence-corrected chi connectivity index (χ2v) is 10.4. The van der Waals surface area contributed by atoms with Crippen molar-refractivity contribution >= 4 is 46.2 Å². The number of thiocarbonyl (C=S) groups is 1. The Balaban J connectivity index is 2.04. The molecule has 3 saturated carbocycles. The topological polar surface area (TPSA) is 50.4 Å². The average Bonchev–Trinajstić information content (AvgIpc) is 2.82. The third kappa shape index (κ3) is 2.20. The van der Waals surface area contributed by atoms with E-state index < -0.39 is 4.33 Å². The molecule has 3 nitrogen and oxygen atoms in total. The van der Waals surface area contributed by atoms with Gasteiger partial charge in [-0.25, -0.2) is 0 Å². The van der Waals surface area contributed by atoms with Crippen LogP contribution in [0.2, 0.25) is 0 Å². The van der Waals surface area contributed by atoms with Crippen molar-refractivity contribution in [2.24, 2.45) is 38.9 Å². The van der Waals surface area contributed by atoms with Gasteiger partial charge in [-0.2, -0.15) is 5.10 Å². The Kier molecular flexibility index (Phi) is 4.03. The Morgan fingerprint density at radius 1 is 1.30 bits per heavy atom. The third-order valence-electron chi connectivity index (χ3n) is 7.14. The Morgan fingerprint density at radius 3 is 2.57 bits per heavy atom. The van der Waals surface area contributed by atoms with Gasteiger partial charge in [0.05, 0.1) is 0 Å². The number of hydrazone groups is 1. The van der Waals surface area contributed by atoms with Gasteiger partial charge in [-0.05, 0) is 55.2 Å². The maximum atomic E-state index is 6.93. The Morgan fingerprint density at radius 2 is 1.96 bits per heavy atom.